The predicted molar refractivity (Wildman–Crippen MR) is 93.5 cm³/mol. The van der Waals surface area contributed by atoms with E-state index in [-0.39, 0.29) is 62.5 Å². The Bertz CT molecular complexity index is 900. The second-order valence-electron chi connectivity index (χ2n) is 9.40. The van der Waals surface area contributed by atoms with Crippen LogP contribution in [0.15, 0.2) is 4.42 Å². The number of aromatic nitrogens is 2. The van der Waals surface area contributed by atoms with Crippen LogP contribution in [0.25, 0.3) is 0 Å². The van der Waals surface area contributed by atoms with Gasteiger partial charge in [0.1, 0.15) is 6.61 Å². The van der Waals surface area contributed by atoms with Gasteiger partial charge < -0.3 is 14.5 Å². The maximum Gasteiger partial charge on any atom is 0.522 e. The summed E-state index contributed by atoms with van der Waals surface area (Å²) in [5.41, 5.74) is -0.906. The Balaban J connectivity index is 1.01. The van der Waals surface area contributed by atoms with Crippen molar-refractivity contribution >= 4 is 5.91 Å². The molecule has 5 rings (SSSR count). The summed E-state index contributed by atoms with van der Waals surface area (Å²) in [7, 11) is 0. The Kier molecular flexibility index (Phi) is 5.22. The van der Waals surface area contributed by atoms with Crippen molar-refractivity contribution in [2.24, 2.45) is 5.92 Å². The SMILES string of the molecule is O=C(COCC1CC(OC(F)(F)F)C1)NC12CC1(c1nnc(C3CC(OC(F)(F)F)C3)o1)C2. The lowest BCUT2D eigenvalue weighted by atomic mass is 9.82. The van der Waals surface area contributed by atoms with E-state index < -0.39 is 35.9 Å². The van der Waals surface area contributed by atoms with E-state index in [2.05, 4.69) is 25.0 Å². The number of carbonyl (C=O) groups excluding carboxylic acids is 1. The standard InChI is InChI=1S/C19H21F6N3O5/c20-18(21,22)32-11-1-9(2-11)5-30-6-13(29)26-17-7-16(17,8-17)15-28-27-14(31-15)10-3-12(4-10)33-19(23,24)25/h9-12H,1-8H2,(H,26,29). The molecule has 4 saturated carbocycles. The van der Waals surface area contributed by atoms with E-state index in [1.54, 1.807) is 0 Å². The molecule has 184 valence electrons. The van der Waals surface area contributed by atoms with Crippen LogP contribution in [0, 0.1) is 5.92 Å². The number of halogens is 6. The number of fused-ring (bicyclic) bond motifs is 1. The van der Waals surface area contributed by atoms with E-state index in [0.717, 1.165) is 0 Å². The lowest BCUT2D eigenvalue weighted by Gasteiger charge is -2.34. The molecule has 1 aromatic heterocycles. The Morgan fingerprint density at radius 1 is 1.00 bits per heavy atom. The summed E-state index contributed by atoms with van der Waals surface area (Å²) in [6.07, 6.45) is -9.06. The summed E-state index contributed by atoms with van der Waals surface area (Å²) in [5.74, 6) is -0.0601. The molecule has 1 aromatic rings. The highest BCUT2D eigenvalue weighted by atomic mass is 19.4. The van der Waals surface area contributed by atoms with Crippen LogP contribution < -0.4 is 5.32 Å². The molecule has 14 heteroatoms. The average Bonchev–Trinajstić information content (AvgIpc) is 3.30. The molecular weight excluding hydrogens is 464 g/mol. The molecule has 0 bridgehead atoms. The molecule has 33 heavy (non-hydrogen) atoms. The third-order valence-electron chi connectivity index (χ3n) is 6.93. The molecule has 0 aliphatic heterocycles. The Morgan fingerprint density at radius 3 is 2.21 bits per heavy atom. The first-order valence-corrected chi connectivity index (χ1v) is 10.6. The van der Waals surface area contributed by atoms with Crippen molar-refractivity contribution in [2.75, 3.05) is 13.2 Å². The summed E-state index contributed by atoms with van der Waals surface area (Å²) >= 11 is 0. The molecule has 0 spiro atoms. The van der Waals surface area contributed by atoms with Gasteiger partial charge in [-0.1, -0.05) is 0 Å². The maximum absolute atomic E-state index is 12.2. The zero-order valence-electron chi connectivity index (χ0n) is 17.2. The molecule has 0 unspecified atom stereocenters. The first kappa shape index (κ1) is 22.8. The summed E-state index contributed by atoms with van der Waals surface area (Å²) in [5, 5.41) is 10.9. The van der Waals surface area contributed by atoms with Crippen LogP contribution in [0.2, 0.25) is 0 Å². The van der Waals surface area contributed by atoms with Crippen LogP contribution in [0.1, 0.15) is 56.2 Å². The van der Waals surface area contributed by atoms with Crippen LogP contribution in [-0.2, 0) is 24.4 Å². The van der Waals surface area contributed by atoms with Crippen LogP contribution in [-0.4, -0.2) is 59.8 Å². The zero-order valence-corrected chi connectivity index (χ0v) is 17.2. The monoisotopic (exact) mass is 485 g/mol. The molecular formula is C19H21F6N3O5. The molecule has 1 amide bonds. The van der Waals surface area contributed by atoms with E-state index in [9.17, 15) is 31.1 Å². The topological polar surface area (TPSA) is 95.7 Å². The molecule has 1 heterocycles. The Hall–Kier alpha value is -1.93. The summed E-state index contributed by atoms with van der Waals surface area (Å²) in [6, 6.07) is 0. The van der Waals surface area contributed by atoms with Crippen molar-refractivity contribution < 1.29 is 49.8 Å². The van der Waals surface area contributed by atoms with Crippen molar-refractivity contribution in [3.63, 3.8) is 0 Å². The van der Waals surface area contributed by atoms with Gasteiger partial charge in [0.05, 0.1) is 29.8 Å². The third kappa shape index (κ3) is 4.69. The Morgan fingerprint density at radius 2 is 1.61 bits per heavy atom. The van der Waals surface area contributed by atoms with E-state index in [1.807, 2.05) is 0 Å². The first-order valence-electron chi connectivity index (χ1n) is 10.6. The number of rotatable bonds is 9. The number of alkyl halides is 6. The van der Waals surface area contributed by atoms with Gasteiger partial charge in [-0.3, -0.25) is 14.3 Å². The quantitative estimate of drug-likeness (QED) is 0.537. The van der Waals surface area contributed by atoms with Crippen LogP contribution >= 0.6 is 0 Å². The second kappa shape index (κ2) is 7.54. The summed E-state index contributed by atoms with van der Waals surface area (Å²) in [4.78, 5) is 12.2. The molecule has 0 aromatic carbocycles. The number of nitrogens with one attached hydrogen (secondary N) is 1. The zero-order chi connectivity index (χ0) is 23.6. The Labute approximate surface area is 183 Å². The predicted octanol–water partition coefficient (Wildman–Crippen LogP) is 3.08. The minimum Gasteiger partial charge on any atom is -0.424 e. The van der Waals surface area contributed by atoms with Crippen molar-refractivity contribution in [3.8, 4) is 0 Å². The van der Waals surface area contributed by atoms with E-state index in [1.165, 1.54) is 0 Å². The minimum atomic E-state index is -4.67. The highest BCUT2D eigenvalue weighted by Crippen LogP contribution is 2.78. The van der Waals surface area contributed by atoms with E-state index in [4.69, 9.17) is 9.15 Å². The summed E-state index contributed by atoms with van der Waals surface area (Å²) in [6.45, 7) is -0.0341. The van der Waals surface area contributed by atoms with Crippen LogP contribution in [0.3, 0.4) is 0 Å². The first-order chi connectivity index (χ1) is 15.4. The minimum absolute atomic E-state index is 0.0753. The lowest BCUT2D eigenvalue weighted by Crippen LogP contribution is -2.39. The van der Waals surface area contributed by atoms with Gasteiger partial charge >= 0.3 is 12.7 Å². The van der Waals surface area contributed by atoms with Gasteiger partial charge in [0.2, 0.25) is 17.7 Å². The van der Waals surface area contributed by atoms with Gasteiger partial charge in [0.15, 0.2) is 0 Å². The molecule has 0 radical (unpaired) electrons. The van der Waals surface area contributed by atoms with Gasteiger partial charge in [0.25, 0.3) is 0 Å². The highest BCUT2D eigenvalue weighted by Gasteiger charge is 2.87. The van der Waals surface area contributed by atoms with E-state index in [0.29, 0.717) is 18.7 Å². The smallest absolute Gasteiger partial charge is 0.424 e. The highest BCUT2D eigenvalue weighted by molar-refractivity contribution is 5.81. The van der Waals surface area contributed by atoms with Gasteiger partial charge in [0, 0.05) is 5.92 Å². The fourth-order valence-electron chi connectivity index (χ4n) is 4.82. The average molecular weight is 485 g/mol. The number of carbonyl (C=O) groups is 1. The molecule has 0 saturated heterocycles. The number of nitrogens with zero attached hydrogens (tertiary/aromatic N) is 2. The van der Waals surface area contributed by atoms with Gasteiger partial charge in [-0.2, -0.15) is 0 Å². The van der Waals surface area contributed by atoms with Gasteiger partial charge in [-0.25, -0.2) is 0 Å². The van der Waals surface area contributed by atoms with Crippen molar-refractivity contribution in [1.82, 2.24) is 15.5 Å². The molecule has 4 aliphatic carbocycles. The van der Waals surface area contributed by atoms with Crippen LogP contribution in [0.5, 0.6) is 0 Å². The van der Waals surface area contributed by atoms with Gasteiger partial charge in [-0.05, 0) is 44.4 Å². The molecule has 0 atom stereocenters. The fraction of sp³-hybridized carbons (Fsp3) is 0.842. The third-order valence-corrected chi connectivity index (χ3v) is 6.93. The fourth-order valence-corrected chi connectivity index (χ4v) is 4.82. The normalized spacial score (nSPS) is 37.0. The lowest BCUT2D eigenvalue weighted by molar-refractivity contribution is -0.355. The van der Waals surface area contributed by atoms with Crippen molar-refractivity contribution in [1.29, 1.82) is 0 Å². The molecule has 8 nitrogen and oxygen atoms in total. The maximum atomic E-state index is 12.2. The van der Waals surface area contributed by atoms with Gasteiger partial charge in [-0.15, -0.1) is 36.5 Å². The largest absolute Gasteiger partial charge is 0.522 e. The van der Waals surface area contributed by atoms with Crippen molar-refractivity contribution in [3.05, 3.63) is 11.8 Å². The van der Waals surface area contributed by atoms with Crippen LogP contribution in [0.4, 0.5) is 26.3 Å². The number of hydrogen-bond acceptors (Lipinski definition) is 7. The number of amides is 1. The number of ether oxygens (including phenoxy) is 3. The van der Waals surface area contributed by atoms with E-state index >= 15 is 0 Å². The molecule has 1 N–H and O–H groups in total. The van der Waals surface area contributed by atoms with Crippen molar-refractivity contribution in [2.45, 2.75) is 80.3 Å². The molecule has 4 aliphatic rings. The second-order valence-corrected chi connectivity index (χ2v) is 9.40. The molecule has 4 fully saturated rings. The number of hydrogen-bond donors (Lipinski definition) is 1. The summed E-state index contributed by atoms with van der Waals surface area (Å²) < 4.78 is 91.9.